The van der Waals surface area contributed by atoms with E-state index in [4.69, 9.17) is 10.5 Å². The molecule has 4 rings (SSSR count). The molecule has 0 radical (unpaired) electrons. The lowest BCUT2D eigenvalue weighted by Crippen LogP contribution is -2.65. The van der Waals surface area contributed by atoms with E-state index in [0.717, 1.165) is 51.6 Å². The molecule has 1 aromatic rings. The maximum absolute atomic E-state index is 12.9. The van der Waals surface area contributed by atoms with Crippen LogP contribution in [0.2, 0.25) is 0 Å². The molecular weight excluding hydrogens is 431 g/mol. The fraction of sp³-hybridized carbons (Fsp3) is 0.842. The molecule has 30 heavy (non-hydrogen) atoms. The number of halogens is 2. The quantitative estimate of drug-likeness (QED) is 0.524. The molecule has 1 spiro atoms. The Bertz CT molecular complexity index is 706. The predicted octanol–water partition coefficient (Wildman–Crippen LogP) is 0.956. The second-order valence-electron chi connectivity index (χ2n) is 8.96. The van der Waals surface area contributed by atoms with E-state index in [0.29, 0.717) is 6.42 Å². The van der Waals surface area contributed by atoms with Crippen molar-refractivity contribution in [3.8, 4) is 0 Å². The van der Waals surface area contributed by atoms with Gasteiger partial charge in [-0.25, -0.2) is 4.68 Å². The third-order valence-corrected chi connectivity index (χ3v) is 6.74. The van der Waals surface area contributed by atoms with Gasteiger partial charge in [-0.3, -0.25) is 4.79 Å². The second kappa shape index (κ2) is 10.1. The summed E-state index contributed by atoms with van der Waals surface area (Å²) in [5.74, 6) is -0.300. The molecule has 3 fully saturated rings. The summed E-state index contributed by atoms with van der Waals surface area (Å²) in [6, 6.07) is 0.510. The van der Waals surface area contributed by atoms with E-state index >= 15 is 0 Å². The van der Waals surface area contributed by atoms with Crippen LogP contribution >= 0.6 is 24.8 Å². The van der Waals surface area contributed by atoms with Gasteiger partial charge in [0.25, 0.3) is 5.91 Å². The first kappa shape index (κ1) is 25.3. The lowest BCUT2D eigenvalue weighted by Gasteiger charge is -2.50. The van der Waals surface area contributed by atoms with Gasteiger partial charge in [-0.2, -0.15) is 0 Å². The molecule has 11 heteroatoms. The molecule has 3 heterocycles. The van der Waals surface area contributed by atoms with Crippen molar-refractivity contribution in [2.75, 3.05) is 19.7 Å². The Hall–Kier alpha value is -0.970. The molecule has 1 aliphatic carbocycles. The Labute approximate surface area is 189 Å². The van der Waals surface area contributed by atoms with Gasteiger partial charge in [-0.15, -0.1) is 29.9 Å². The summed E-state index contributed by atoms with van der Waals surface area (Å²) in [7, 11) is 0. The average Bonchev–Trinajstić information content (AvgIpc) is 3.17. The van der Waals surface area contributed by atoms with Crippen molar-refractivity contribution in [3.05, 3.63) is 11.9 Å². The van der Waals surface area contributed by atoms with E-state index in [2.05, 4.69) is 20.9 Å². The van der Waals surface area contributed by atoms with Crippen LogP contribution in [0.4, 0.5) is 0 Å². The number of piperidine rings is 1. The minimum absolute atomic E-state index is 0. The summed E-state index contributed by atoms with van der Waals surface area (Å²) in [5, 5.41) is 25.2. The maximum Gasteiger partial charge on any atom is 0.273 e. The largest absolute Gasteiger partial charge is 0.388 e. The molecule has 0 unspecified atom stereocenters. The first-order chi connectivity index (χ1) is 13.4. The van der Waals surface area contributed by atoms with Crippen LogP contribution in [0.25, 0.3) is 0 Å². The van der Waals surface area contributed by atoms with Crippen LogP contribution in [-0.4, -0.2) is 69.0 Å². The zero-order chi connectivity index (χ0) is 19.8. The normalized spacial score (nSPS) is 33.2. The first-order valence-electron chi connectivity index (χ1n) is 10.4. The number of nitrogens with one attached hydrogen (secondary N) is 2. The SMILES string of the molecule is C[C@]1(NC(=O)c2cn(C3CCC(N)CC3)nn2)CC2(CCNCC2)OC[C@@H]1O.Cl.Cl. The summed E-state index contributed by atoms with van der Waals surface area (Å²) in [6.45, 7) is 3.90. The fourth-order valence-electron chi connectivity index (χ4n) is 4.86. The summed E-state index contributed by atoms with van der Waals surface area (Å²) in [6.07, 6.45) is 7.14. The van der Waals surface area contributed by atoms with Crippen molar-refractivity contribution in [2.24, 2.45) is 5.73 Å². The number of amides is 1. The first-order valence-corrected chi connectivity index (χ1v) is 10.4. The van der Waals surface area contributed by atoms with Gasteiger partial charge in [0.1, 0.15) is 6.10 Å². The van der Waals surface area contributed by atoms with Crippen molar-refractivity contribution in [1.29, 1.82) is 0 Å². The van der Waals surface area contributed by atoms with Gasteiger partial charge < -0.3 is 26.2 Å². The zero-order valence-corrected chi connectivity index (χ0v) is 19.0. The Morgan fingerprint density at radius 3 is 2.63 bits per heavy atom. The molecular formula is C19H34Cl2N6O3. The molecule has 2 atom stereocenters. The van der Waals surface area contributed by atoms with Crippen molar-refractivity contribution in [2.45, 2.75) is 81.2 Å². The smallest absolute Gasteiger partial charge is 0.273 e. The summed E-state index contributed by atoms with van der Waals surface area (Å²) < 4.78 is 7.80. The number of carbonyl (C=O) groups is 1. The summed E-state index contributed by atoms with van der Waals surface area (Å²) in [5.41, 5.74) is 5.22. The highest BCUT2D eigenvalue weighted by atomic mass is 35.5. The van der Waals surface area contributed by atoms with Crippen LogP contribution in [0.5, 0.6) is 0 Å². The Morgan fingerprint density at radius 2 is 1.97 bits per heavy atom. The van der Waals surface area contributed by atoms with Gasteiger partial charge in [-0.05, 0) is 58.5 Å². The Morgan fingerprint density at radius 1 is 1.30 bits per heavy atom. The van der Waals surface area contributed by atoms with E-state index in [1.807, 2.05) is 6.92 Å². The van der Waals surface area contributed by atoms with Gasteiger partial charge >= 0.3 is 0 Å². The van der Waals surface area contributed by atoms with Gasteiger partial charge in [0, 0.05) is 12.5 Å². The highest BCUT2D eigenvalue weighted by Crippen LogP contribution is 2.38. The number of nitrogens with zero attached hydrogens (tertiary/aromatic N) is 3. The molecule has 1 aromatic heterocycles. The standard InChI is InChI=1S/C19H32N6O3.2ClH/c1-18(12-19(28-11-16(18)26)6-8-21-9-7-19)22-17(27)15-10-25(24-23-15)14-4-2-13(20)3-5-14;;/h10,13-14,16,21,26H,2-9,11-12,20H2,1H3,(H,22,27);2*1H/t13?,14?,16-,18-;;/m0../s1. The van der Waals surface area contributed by atoms with Gasteiger partial charge in [0.15, 0.2) is 5.69 Å². The number of rotatable bonds is 3. The van der Waals surface area contributed by atoms with Gasteiger partial charge in [-0.1, -0.05) is 5.21 Å². The Balaban J connectivity index is 0.00000160. The molecule has 0 bridgehead atoms. The minimum atomic E-state index is -0.758. The fourth-order valence-corrected chi connectivity index (χ4v) is 4.86. The van der Waals surface area contributed by atoms with Gasteiger partial charge in [0.05, 0.1) is 30.0 Å². The number of aliphatic hydroxyl groups is 1. The van der Waals surface area contributed by atoms with Crippen LogP contribution in [-0.2, 0) is 4.74 Å². The molecule has 2 saturated heterocycles. The topological polar surface area (TPSA) is 127 Å². The number of nitrogens with two attached hydrogens (primary N) is 1. The number of aromatic nitrogens is 3. The van der Waals surface area contributed by atoms with Crippen LogP contribution in [0.1, 0.15) is 68.4 Å². The van der Waals surface area contributed by atoms with Crippen molar-refractivity contribution >= 4 is 30.7 Å². The minimum Gasteiger partial charge on any atom is -0.388 e. The van der Waals surface area contributed by atoms with E-state index in [-0.39, 0.29) is 60.7 Å². The number of hydrogen-bond donors (Lipinski definition) is 4. The van der Waals surface area contributed by atoms with Crippen molar-refractivity contribution < 1.29 is 14.6 Å². The second-order valence-corrected chi connectivity index (χ2v) is 8.96. The highest BCUT2D eigenvalue weighted by molar-refractivity contribution is 5.92. The summed E-state index contributed by atoms with van der Waals surface area (Å²) in [4.78, 5) is 12.9. The highest BCUT2D eigenvalue weighted by Gasteiger charge is 2.49. The van der Waals surface area contributed by atoms with E-state index in [1.165, 1.54) is 0 Å². The van der Waals surface area contributed by atoms with Crippen molar-refractivity contribution in [1.82, 2.24) is 25.6 Å². The molecule has 5 N–H and O–H groups in total. The molecule has 172 valence electrons. The lowest BCUT2D eigenvalue weighted by molar-refractivity contribution is -0.169. The number of ether oxygens (including phenoxy) is 1. The molecule has 2 aliphatic heterocycles. The molecule has 3 aliphatic rings. The Kier molecular flexibility index (Phi) is 8.51. The third kappa shape index (κ3) is 5.26. The van der Waals surface area contributed by atoms with Crippen molar-refractivity contribution in [3.63, 3.8) is 0 Å². The molecule has 9 nitrogen and oxygen atoms in total. The molecule has 1 amide bonds. The predicted molar refractivity (Wildman–Crippen MR) is 117 cm³/mol. The maximum atomic E-state index is 12.9. The number of carbonyl (C=O) groups excluding carboxylic acids is 1. The zero-order valence-electron chi connectivity index (χ0n) is 17.4. The van der Waals surface area contributed by atoms with Crippen LogP contribution in [0.15, 0.2) is 6.20 Å². The van der Waals surface area contributed by atoms with E-state index in [9.17, 15) is 9.90 Å². The lowest BCUT2D eigenvalue weighted by atomic mass is 9.75. The summed E-state index contributed by atoms with van der Waals surface area (Å²) >= 11 is 0. The number of aliphatic hydroxyl groups excluding tert-OH is 1. The van der Waals surface area contributed by atoms with E-state index in [1.54, 1.807) is 10.9 Å². The van der Waals surface area contributed by atoms with Crippen LogP contribution in [0.3, 0.4) is 0 Å². The number of hydrogen-bond acceptors (Lipinski definition) is 7. The monoisotopic (exact) mass is 464 g/mol. The third-order valence-electron chi connectivity index (χ3n) is 6.74. The van der Waals surface area contributed by atoms with E-state index < -0.39 is 11.6 Å². The molecule has 1 saturated carbocycles. The average molecular weight is 465 g/mol. The van der Waals surface area contributed by atoms with Crippen LogP contribution < -0.4 is 16.4 Å². The van der Waals surface area contributed by atoms with Gasteiger partial charge in [0.2, 0.25) is 0 Å². The van der Waals surface area contributed by atoms with Crippen LogP contribution in [0, 0.1) is 0 Å². The molecule has 0 aromatic carbocycles.